The smallest absolute Gasteiger partial charge is 0.358 e. The van der Waals surface area contributed by atoms with Gasteiger partial charge in [0.15, 0.2) is 11.4 Å². The van der Waals surface area contributed by atoms with Crippen molar-refractivity contribution in [1.29, 1.82) is 0 Å². The Morgan fingerprint density at radius 2 is 0.869 bits per heavy atom. The minimum atomic E-state index is -5.33. The number of ether oxygens (including phenoxy) is 6. The molecular formula is C48H46N10O23S3. The number of carboxylic acids is 1. The summed E-state index contributed by atoms with van der Waals surface area (Å²) in [5.41, 5.74) is -4.43. The second-order valence-corrected chi connectivity index (χ2v) is 20.6. The molecule has 1 heterocycles. The van der Waals surface area contributed by atoms with E-state index in [0.29, 0.717) is 4.68 Å². The lowest BCUT2D eigenvalue weighted by atomic mass is 10.1. The largest absolute Gasteiger partial charge is 0.505 e. The van der Waals surface area contributed by atoms with E-state index in [1.165, 1.54) is 44.6 Å². The molecule has 0 spiro atoms. The average Bonchev–Trinajstić information content (AvgIpc) is 3.35. The SMILES string of the molecule is COc1ccc(N=Nc2cc(OCCO)c(N=Nc3c(S(=O)(=O)O)cc4cc(-n5nc(C(=O)O)c(N=Nc6cc(OCCO)c(N=Nc7ccc(OC)cc7S(=O)(=O)O)cc6OCCO)c5O)ccc4c3O)cc2OCCO)c(S(=O)(=O)O)c1. The molecule has 0 unspecified atom stereocenters. The van der Waals surface area contributed by atoms with Gasteiger partial charge in [-0.1, -0.05) is 0 Å². The van der Waals surface area contributed by atoms with E-state index < -0.39 is 113 Å². The molecule has 0 bridgehead atoms. The van der Waals surface area contributed by atoms with E-state index >= 15 is 0 Å². The van der Waals surface area contributed by atoms with Crippen LogP contribution in [0.15, 0.2) is 141 Å². The first-order valence-corrected chi connectivity index (χ1v) is 27.9. The number of hydrogen-bond donors (Lipinski definition) is 10. The molecule has 7 rings (SSSR count). The number of fused-ring (bicyclic) bond motifs is 1. The van der Waals surface area contributed by atoms with Crippen molar-refractivity contribution in [2.75, 3.05) is 67.1 Å². The van der Waals surface area contributed by atoms with Crippen molar-refractivity contribution in [1.82, 2.24) is 9.78 Å². The zero-order chi connectivity index (χ0) is 61.1. The summed E-state index contributed by atoms with van der Waals surface area (Å²) in [5.74, 6) is -4.44. The van der Waals surface area contributed by atoms with Crippen molar-refractivity contribution in [3.05, 3.63) is 90.6 Å². The number of hydrogen-bond acceptors (Lipinski definition) is 28. The highest BCUT2D eigenvalue weighted by Gasteiger charge is 2.28. The maximum Gasteiger partial charge on any atom is 0.358 e. The topological polar surface area (TPSA) is 494 Å². The number of aromatic carboxylic acids is 1. The predicted molar refractivity (Wildman–Crippen MR) is 287 cm³/mol. The monoisotopic (exact) mass is 1230 g/mol. The van der Waals surface area contributed by atoms with Crippen LogP contribution in [0.5, 0.6) is 46.1 Å². The van der Waals surface area contributed by atoms with Crippen molar-refractivity contribution in [2.24, 2.45) is 40.9 Å². The van der Waals surface area contributed by atoms with E-state index in [2.05, 4.69) is 46.0 Å². The number of aliphatic hydroxyl groups is 4. The van der Waals surface area contributed by atoms with E-state index in [1.54, 1.807) is 0 Å². The van der Waals surface area contributed by atoms with Gasteiger partial charge < -0.3 is 64.2 Å². The molecule has 0 saturated heterocycles. The number of carboxylic acid groups (broad SMARTS) is 1. The van der Waals surface area contributed by atoms with Gasteiger partial charge >= 0.3 is 5.97 Å². The summed E-state index contributed by atoms with van der Waals surface area (Å²) in [4.78, 5) is 10.2. The van der Waals surface area contributed by atoms with Crippen LogP contribution in [0.3, 0.4) is 0 Å². The minimum Gasteiger partial charge on any atom is -0.505 e. The molecule has 6 aromatic carbocycles. The van der Waals surface area contributed by atoms with E-state index in [1.807, 2.05) is 0 Å². The Bertz CT molecular complexity index is 4120. The number of azo groups is 4. The number of aromatic hydroxyl groups is 2. The Kier molecular flexibility index (Phi) is 19.8. The number of phenolic OH excluding ortho intramolecular Hbond substituents is 1. The average molecular weight is 1230 g/mol. The fraction of sp³-hybridized carbons (Fsp3) is 0.208. The van der Waals surface area contributed by atoms with Gasteiger partial charge in [-0.3, -0.25) is 13.7 Å². The second kappa shape index (κ2) is 26.7. The normalized spacial score (nSPS) is 12.3. The Hall–Kier alpha value is -9.37. The van der Waals surface area contributed by atoms with Gasteiger partial charge in [0.05, 0.1) is 46.3 Å². The van der Waals surface area contributed by atoms with E-state index in [9.17, 15) is 79.5 Å². The summed E-state index contributed by atoms with van der Waals surface area (Å²) in [7, 11) is -12.6. The van der Waals surface area contributed by atoms with Gasteiger partial charge in [-0.2, -0.15) is 35.0 Å². The van der Waals surface area contributed by atoms with Gasteiger partial charge in [0.1, 0.15) is 115 Å². The summed E-state index contributed by atoms with van der Waals surface area (Å²) in [6.07, 6.45) is 0. The summed E-state index contributed by atoms with van der Waals surface area (Å²) >= 11 is 0. The van der Waals surface area contributed by atoms with Gasteiger partial charge in [0, 0.05) is 41.8 Å². The molecule has 0 aliphatic heterocycles. The quantitative estimate of drug-likeness (QED) is 0.0182. The van der Waals surface area contributed by atoms with Crippen LogP contribution in [0.1, 0.15) is 10.5 Å². The zero-order valence-corrected chi connectivity index (χ0v) is 45.7. The molecule has 33 nitrogen and oxygen atoms in total. The van der Waals surface area contributed by atoms with Crippen molar-refractivity contribution in [2.45, 2.75) is 14.7 Å². The zero-order valence-electron chi connectivity index (χ0n) is 43.2. The third kappa shape index (κ3) is 14.6. The molecule has 0 radical (unpaired) electrons. The summed E-state index contributed by atoms with van der Waals surface area (Å²) in [6.45, 7) is -3.67. The molecule has 84 heavy (non-hydrogen) atoms. The van der Waals surface area contributed by atoms with Gasteiger partial charge in [-0.25, -0.2) is 4.79 Å². The molecule has 0 atom stereocenters. The fourth-order valence-electron chi connectivity index (χ4n) is 7.30. The number of aliphatic hydroxyl groups excluding tert-OH is 4. The van der Waals surface area contributed by atoms with Crippen molar-refractivity contribution < 1.29 is 108 Å². The first-order valence-electron chi connectivity index (χ1n) is 23.6. The Morgan fingerprint density at radius 3 is 1.24 bits per heavy atom. The maximum absolute atomic E-state index is 13.0. The number of methoxy groups -OCH3 is 2. The molecule has 10 N–H and O–H groups in total. The molecule has 444 valence electrons. The predicted octanol–water partition coefficient (Wildman–Crippen LogP) is 7.04. The number of carbonyl (C=O) groups is 1. The lowest BCUT2D eigenvalue weighted by Crippen LogP contribution is -2.04. The highest BCUT2D eigenvalue weighted by atomic mass is 32.2. The van der Waals surface area contributed by atoms with Crippen LogP contribution in [-0.2, 0) is 30.4 Å². The Balaban J connectivity index is 1.28. The maximum atomic E-state index is 13.0. The van der Waals surface area contributed by atoms with Crippen molar-refractivity contribution in [3.8, 4) is 51.8 Å². The van der Waals surface area contributed by atoms with Gasteiger partial charge in [0.25, 0.3) is 30.4 Å². The third-order valence-corrected chi connectivity index (χ3v) is 13.6. The number of benzene rings is 6. The standard InChI is InChI=1S/C48H46N10O23S3/c1-76-27-4-7-30(40(19-27)82(67,68)69)49-51-32-21-38(80-15-11-61)34(23-36(32)78-13-9-59)53-55-43-42(84(73,74)75)18-25-17-26(3-6-29(25)46(43)63)58-47(64)44(45(57-58)48(65)66)56-54-35-24-37(79-14-10-60)33(22-39(35)81-16-12-62)52-50-31-8-5-28(77-2)20-41(31)83(70,71)72/h3-8,17-24,59-64H,9-16H2,1-2H3,(H,65,66)(H,67,68,69)(H,70,71,72)(H,73,74,75). The van der Waals surface area contributed by atoms with Crippen molar-refractivity contribution in [3.63, 3.8) is 0 Å². The number of aromatic nitrogens is 2. The molecule has 0 fully saturated rings. The summed E-state index contributed by atoms with van der Waals surface area (Å²) < 4.78 is 138. The van der Waals surface area contributed by atoms with Crippen LogP contribution in [0.2, 0.25) is 0 Å². The van der Waals surface area contributed by atoms with Crippen LogP contribution < -0.4 is 28.4 Å². The summed E-state index contributed by atoms with van der Waals surface area (Å²) in [6, 6.07) is 15.7. The van der Waals surface area contributed by atoms with Crippen LogP contribution in [0, 0.1) is 0 Å². The van der Waals surface area contributed by atoms with Crippen LogP contribution in [0.25, 0.3) is 16.5 Å². The highest BCUT2D eigenvalue weighted by molar-refractivity contribution is 7.86. The van der Waals surface area contributed by atoms with E-state index in [-0.39, 0.29) is 105 Å². The molecule has 0 aliphatic rings. The second-order valence-electron chi connectivity index (χ2n) is 16.5. The number of rotatable bonds is 27. The molecular weight excluding hydrogens is 1180 g/mol. The lowest BCUT2D eigenvalue weighted by molar-refractivity contribution is 0.0690. The minimum absolute atomic E-state index is 0.0516. The lowest BCUT2D eigenvalue weighted by Gasteiger charge is -2.13. The van der Waals surface area contributed by atoms with Gasteiger partial charge in [-0.05, 0) is 53.9 Å². The number of phenols is 1. The van der Waals surface area contributed by atoms with Crippen molar-refractivity contribution >= 4 is 92.6 Å². The highest BCUT2D eigenvalue weighted by Crippen LogP contribution is 2.47. The van der Waals surface area contributed by atoms with E-state index in [0.717, 1.165) is 54.6 Å². The Morgan fingerprint density at radius 1 is 0.488 bits per heavy atom. The number of nitrogens with zero attached hydrogens (tertiary/aromatic N) is 10. The molecule has 0 saturated carbocycles. The van der Waals surface area contributed by atoms with Crippen LogP contribution in [-0.4, -0.2) is 157 Å². The van der Waals surface area contributed by atoms with Gasteiger partial charge in [0.2, 0.25) is 11.6 Å². The molecule has 0 aliphatic carbocycles. The van der Waals surface area contributed by atoms with Gasteiger partial charge in [-0.15, -0.1) is 40.9 Å². The molecule has 36 heteroatoms. The molecule has 1 aromatic heterocycles. The fourth-order valence-corrected chi connectivity index (χ4v) is 9.23. The summed E-state index contributed by atoms with van der Waals surface area (Å²) in [5, 5.41) is 107. The van der Waals surface area contributed by atoms with Crippen LogP contribution >= 0.6 is 0 Å². The Labute approximate surface area is 473 Å². The molecule has 7 aromatic rings. The first kappa shape index (κ1) is 62.2. The van der Waals surface area contributed by atoms with Crippen LogP contribution in [0.4, 0.5) is 45.5 Å². The third-order valence-electron chi connectivity index (χ3n) is 11.0. The first-order chi connectivity index (χ1) is 39.9. The molecule has 0 amide bonds. The van der Waals surface area contributed by atoms with E-state index in [4.69, 9.17) is 28.4 Å².